The van der Waals surface area contributed by atoms with E-state index in [1.807, 2.05) is 0 Å². The largest absolute Gasteiger partial charge is 0.392 e. The molecule has 0 bridgehead atoms. The second-order valence-corrected chi connectivity index (χ2v) is 5.77. The van der Waals surface area contributed by atoms with Crippen LogP contribution in [0.4, 0.5) is 0 Å². The van der Waals surface area contributed by atoms with Gasteiger partial charge in [0.25, 0.3) is 0 Å². The Morgan fingerprint density at radius 1 is 1.44 bits per heavy atom. The highest BCUT2D eigenvalue weighted by Gasteiger charge is 2.19. The second kappa shape index (κ2) is 5.33. The Morgan fingerprint density at radius 2 is 2.06 bits per heavy atom. The maximum atomic E-state index is 11.7. The van der Waals surface area contributed by atoms with Gasteiger partial charge in [0.1, 0.15) is 4.90 Å². The number of halogens is 2. The molecule has 16 heavy (non-hydrogen) atoms. The van der Waals surface area contributed by atoms with Crippen LogP contribution in [0.2, 0.25) is 10.0 Å². The summed E-state index contributed by atoms with van der Waals surface area (Å²) >= 11 is 11.5. The van der Waals surface area contributed by atoms with Crippen LogP contribution < -0.4 is 4.72 Å². The Balaban J connectivity index is 3.03. The number of hydrogen-bond acceptors (Lipinski definition) is 3. The maximum Gasteiger partial charge on any atom is 0.242 e. The average molecular weight is 284 g/mol. The Bertz CT molecular complexity index is 474. The van der Waals surface area contributed by atoms with Crippen molar-refractivity contribution in [2.24, 2.45) is 0 Å². The lowest BCUT2D eigenvalue weighted by molar-refractivity contribution is 0.198. The highest BCUT2D eigenvalue weighted by atomic mass is 35.5. The average Bonchev–Trinajstić information content (AvgIpc) is 2.19. The van der Waals surface area contributed by atoms with E-state index in [0.29, 0.717) is 0 Å². The van der Waals surface area contributed by atoms with Crippen LogP contribution >= 0.6 is 23.2 Å². The number of aliphatic hydroxyl groups excluding tert-OH is 1. The summed E-state index contributed by atoms with van der Waals surface area (Å²) in [5.74, 6) is 0. The van der Waals surface area contributed by atoms with E-state index in [4.69, 9.17) is 28.3 Å². The van der Waals surface area contributed by atoms with E-state index in [1.165, 1.54) is 25.1 Å². The Labute approximate surface area is 104 Å². The molecule has 1 rings (SSSR count). The van der Waals surface area contributed by atoms with Crippen LogP contribution in [0.5, 0.6) is 0 Å². The van der Waals surface area contributed by atoms with E-state index < -0.39 is 16.1 Å². The summed E-state index contributed by atoms with van der Waals surface area (Å²) in [5, 5.41) is 9.14. The van der Waals surface area contributed by atoms with Crippen molar-refractivity contribution >= 4 is 33.2 Å². The van der Waals surface area contributed by atoms with Gasteiger partial charge < -0.3 is 5.11 Å². The molecule has 0 unspecified atom stereocenters. The zero-order valence-corrected chi connectivity index (χ0v) is 10.8. The summed E-state index contributed by atoms with van der Waals surface area (Å²) in [6.07, 6.45) is -0.771. The molecule has 0 aromatic heterocycles. The van der Waals surface area contributed by atoms with Crippen LogP contribution in [0.3, 0.4) is 0 Å². The quantitative estimate of drug-likeness (QED) is 0.883. The number of benzene rings is 1. The van der Waals surface area contributed by atoms with Gasteiger partial charge in [-0.2, -0.15) is 0 Å². The monoisotopic (exact) mass is 283 g/mol. The van der Waals surface area contributed by atoms with Gasteiger partial charge in [-0.15, -0.1) is 0 Å². The van der Waals surface area contributed by atoms with Crippen molar-refractivity contribution in [3.05, 3.63) is 28.2 Å². The molecule has 7 heteroatoms. The van der Waals surface area contributed by atoms with Gasteiger partial charge in [0.2, 0.25) is 10.0 Å². The first kappa shape index (κ1) is 13.7. The summed E-state index contributed by atoms with van der Waals surface area (Å²) in [7, 11) is -3.73. The first-order valence-electron chi connectivity index (χ1n) is 4.46. The molecule has 0 saturated heterocycles. The van der Waals surface area contributed by atoms with Crippen LogP contribution in [-0.2, 0) is 10.0 Å². The summed E-state index contributed by atoms with van der Waals surface area (Å²) in [5.41, 5.74) is 0. The molecule has 0 aliphatic heterocycles. The van der Waals surface area contributed by atoms with Crippen molar-refractivity contribution in [3.8, 4) is 0 Å². The van der Waals surface area contributed by atoms with Gasteiger partial charge >= 0.3 is 0 Å². The van der Waals surface area contributed by atoms with Crippen LogP contribution in [0.1, 0.15) is 6.92 Å². The molecule has 0 spiro atoms. The minimum atomic E-state index is -3.73. The molecule has 0 radical (unpaired) electrons. The van der Waals surface area contributed by atoms with E-state index in [1.54, 1.807) is 0 Å². The number of sulfonamides is 1. The van der Waals surface area contributed by atoms with E-state index in [0.717, 1.165) is 0 Å². The molecule has 0 amide bonds. The number of aliphatic hydroxyl groups is 1. The molecule has 0 heterocycles. The molecule has 0 aliphatic rings. The summed E-state index contributed by atoms with van der Waals surface area (Å²) in [6.45, 7) is 1.40. The fraction of sp³-hybridized carbons (Fsp3) is 0.333. The molecular formula is C9H11Cl2NO3S. The minimum Gasteiger partial charge on any atom is -0.392 e. The third-order valence-corrected chi connectivity index (χ3v) is 4.17. The topological polar surface area (TPSA) is 66.4 Å². The molecule has 1 aromatic carbocycles. The summed E-state index contributed by atoms with van der Waals surface area (Å²) in [4.78, 5) is -0.0951. The van der Waals surface area contributed by atoms with Gasteiger partial charge in [-0.3, -0.25) is 0 Å². The van der Waals surface area contributed by atoms with Crippen LogP contribution in [0.15, 0.2) is 23.1 Å². The van der Waals surface area contributed by atoms with Crippen molar-refractivity contribution < 1.29 is 13.5 Å². The zero-order chi connectivity index (χ0) is 12.3. The Morgan fingerprint density at radius 3 is 2.62 bits per heavy atom. The fourth-order valence-corrected chi connectivity index (χ4v) is 2.88. The predicted molar refractivity (Wildman–Crippen MR) is 63.3 cm³/mol. The van der Waals surface area contributed by atoms with E-state index in [2.05, 4.69) is 4.72 Å². The molecule has 90 valence electrons. The molecule has 1 atom stereocenters. The molecule has 4 nitrogen and oxygen atoms in total. The van der Waals surface area contributed by atoms with Crippen LogP contribution in [-0.4, -0.2) is 26.2 Å². The Kier molecular flexibility index (Phi) is 4.58. The normalized spacial score (nSPS) is 13.8. The van der Waals surface area contributed by atoms with Crippen LogP contribution in [0, 0.1) is 0 Å². The van der Waals surface area contributed by atoms with Crippen molar-refractivity contribution in [3.63, 3.8) is 0 Å². The molecule has 0 aliphatic carbocycles. The lowest BCUT2D eigenvalue weighted by Gasteiger charge is -2.10. The maximum absolute atomic E-state index is 11.7. The van der Waals surface area contributed by atoms with Crippen LogP contribution in [0.25, 0.3) is 0 Å². The van der Waals surface area contributed by atoms with E-state index in [9.17, 15) is 8.42 Å². The zero-order valence-electron chi connectivity index (χ0n) is 8.44. The van der Waals surface area contributed by atoms with Crippen molar-refractivity contribution in [1.82, 2.24) is 4.72 Å². The first-order valence-corrected chi connectivity index (χ1v) is 6.70. The predicted octanol–water partition coefficient (Wildman–Crippen LogP) is 1.65. The van der Waals surface area contributed by atoms with E-state index >= 15 is 0 Å². The number of rotatable bonds is 4. The highest BCUT2D eigenvalue weighted by Crippen LogP contribution is 2.28. The molecule has 0 saturated carbocycles. The number of hydrogen-bond donors (Lipinski definition) is 2. The van der Waals surface area contributed by atoms with Gasteiger partial charge in [-0.05, 0) is 19.1 Å². The standard InChI is InChI=1S/C9H11Cl2NO3S/c1-6(13)5-12-16(14,15)8-4-2-3-7(10)9(8)11/h2-4,6,12-13H,5H2,1H3/t6-/m1/s1. The molecule has 2 N–H and O–H groups in total. The Hall–Kier alpha value is -0.330. The van der Waals surface area contributed by atoms with Crippen molar-refractivity contribution in [1.29, 1.82) is 0 Å². The summed E-state index contributed by atoms with van der Waals surface area (Å²) in [6, 6.07) is 4.33. The second-order valence-electron chi connectivity index (χ2n) is 3.25. The molecule has 0 fully saturated rings. The van der Waals surface area contributed by atoms with Crippen molar-refractivity contribution in [2.75, 3.05) is 6.54 Å². The van der Waals surface area contributed by atoms with Gasteiger partial charge in [0, 0.05) is 6.54 Å². The SMILES string of the molecule is C[C@@H](O)CNS(=O)(=O)c1cccc(Cl)c1Cl. The highest BCUT2D eigenvalue weighted by molar-refractivity contribution is 7.89. The third-order valence-electron chi connectivity index (χ3n) is 1.77. The van der Waals surface area contributed by atoms with Gasteiger partial charge in [0.15, 0.2) is 0 Å². The molecular weight excluding hydrogens is 273 g/mol. The smallest absolute Gasteiger partial charge is 0.242 e. The molecule has 1 aromatic rings. The van der Waals surface area contributed by atoms with E-state index in [-0.39, 0.29) is 21.5 Å². The first-order chi connectivity index (χ1) is 7.34. The van der Waals surface area contributed by atoms with Gasteiger partial charge in [-0.25, -0.2) is 13.1 Å². The van der Waals surface area contributed by atoms with Gasteiger partial charge in [-0.1, -0.05) is 29.3 Å². The summed E-state index contributed by atoms with van der Waals surface area (Å²) < 4.78 is 25.7. The number of nitrogens with one attached hydrogen (secondary N) is 1. The lowest BCUT2D eigenvalue weighted by atomic mass is 10.4. The fourth-order valence-electron chi connectivity index (χ4n) is 1.000. The lowest BCUT2D eigenvalue weighted by Crippen LogP contribution is -2.30. The third kappa shape index (κ3) is 3.33. The van der Waals surface area contributed by atoms with Gasteiger partial charge in [0.05, 0.1) is 16.1 Å². The minimum absolute atomic E-state index is 0.0257. The van der Waals surface area contributed by atoms with Crippen molar-refractivity contribution in [2.45, 2.75) is 17.9 Å².